The Hall–Kier alpha value is -3.72. The van der Waals surface area contributed by atoms with Gasteiger partial charge in [-0.25, -0.2) is 14.5 Å². The Morgan fingerprint density at radius 3 is 2.75 bits per heavy atom. The molecule has 3 aromatic heterocycles. The molecule has 0 aliphatic rings. The van der Waals surface area contributed by atoms with Gasteiger partial charge in [0.25, 0.3) is 5.91 Å². The second kappa shape index (κ2) is 9.19. The standard InChI is InChI=1S/C23H22N4O4S/c1-14-9-16(31-13-21(28)30-3)6-7-20(14)26-23(29)18-10-15(2)25-22-19(18)11-24-27(22)12-17-5-4-8-32-17/h4-11H,12-13H2,1-3H3,(H,26,29). The minimum atomic E-state index is -0.461. The Morgan fingerprint density at radius 1 is 1.19 bits per heavy atom. The number of pyridine rings is 1. The molecular weight excluding hydrogens is 428 g/mol. The number of carbonyl (C=O) groups is 2. The second-order valence-electron chi connectivity index (χ2n) is 7.23. The number of anilines is 1. The van der Waals surface area contributed by atoms with Crippen LogP contribution < -0.4 is 10.1 Å². The number of thiophene rings is 1. The van der Waals surface area contributed by atoms with Gasteiger partial charge in [-0.3, -0.25) is 4.79 Å². The van der Waals surface area contributed by atoms with E-state index in [-0.39, 0.29) is 12.5 Å². The maximum Gasteiger partial charge on any atom is 0.343 e. The number of esters is 1. The molecule has 4 rings (SSSR count). The third-order valence-electron chi connectivity index (χ3n) is 4.90. The van der Waals surface area contributed by atoms with Crippen molar-refractivity contribution in [1.82, 2.24) is 14.8 Å². The van der Waals surface area contributed by atoms with E-state index >= 15 is 0 Å². The summed E-state index contributed by atoms with van der Waals surface area (Å²) in [5.41, 5.74) is 3.37. The van der Waals surface area contributed by atoms with Crippen molar-refractivity contribution in [2.75, 3.05) is 19.0 Å². The van der Waals surface area contributed by atoms with Crippen molar-refractivity contribution in [2.24, 2.45) is 0 Å². The fraction of sp³-hybridized carbons (Fsp3) is 0.217. The van der Waals surface area contributed by atoms with Crippen LogP contribution >= 0.6 is 11.3 Å². The van der Waals surface area contributed by atoms with Crippen LogP contribution in [-0.2, 0) is 16.1 Å². The first-order valence-corrected chi connectivity index (χ1v) is 10.8. The van der Waals surface area contributed by atoms with Crippen molar-refractivity contribution in [2.45, 2.75) is 20.4 Å². The Morgan fingerprint density at radius 2 is 2.03 bits per heavy atom. The number of fused-ring (bicyclic) bond motifs is 1. The highest BCUT2D eigenvalue weighted by atomic mass is 32.1. The van der Waals surface area contributed by atoms with E-state index in [0.717, 1.165) is 16.1 Å². The lowest BCUT2D eigenvalue weighted by Gasteiger charge is -2.12. The minimum Gasteiger partial charge on any atom is -0.482 e. The molecule has 0 spiro atoms. The molecule has 0 saturated heterocycles. The van der Waals surface area contributed by atoms with E-state index < -0.39 is 5.97 Å². The number of aryl methyl sites for hydroxylation is 2. The maximum absolute atomic E-state index is 13.1. The van der Waals surface area contributed by atoms with E-state index in [4.69, 9.17) is 4.74 Å². The number of rotatable bonds is 7. The van der Waals surface area contributed by atoms with Crippen LogP contribution in [0.25, 0.3) is 11.0 Å². The summed E-state index contributed by atoms with van der Waals surface area (Å²) in [7, 11) is 1.30. The SMILES string of the molecule is COC(=O)COc1ccc(NC(=O)c2cc(C)nc3c2cnn3Cc2cccs2)c(C)c1. The number of nitrogens with one attached hydrogen (secondary N) is 1. The summed E-state index contributed by atoms with van der Waals surface area (Å²) in [6, 6.07) is 11.0. The predicted octanol–water partition coefficient (Wildman–Crippen LogP) is 3.96. The van der Waals surface area contributed by atoms with Crippen LogP contribution in [0.15, 0.2) is 48.0 Å². The molecule has 0 aliphatic heterocycles. The molecule has 0 aliphatic carbocycles. The van der Waals surface area contributed by atoms with Gasteiger partial charge >= 0.3 is 5.97 Å². The van der Waals surface area contributed by atoms with Crippen LogP contribution in [0.5, 0.6) is 5.75 Å². The van der Waals surface area contributed by atoms with Crippen LogP contribution in [0.1, 0.15) is 26.5 Å². The summed E-state index contributed by atoms with van der Waals surface area (Å²) in [5, 5.41) is 10.1. The fourth-order valence-electron chi connectivity index (χ4n) is 3.28. The van der Waals surface area contributed by atoms with E-state index in [9.17, 15) is 9.59 Å². The summed E-state index contributed by atoms with van der Waals surface area (Å²) < 4.78 is 11.8. The van der Waals surface area contributed by atoms with Crippen molar-refractivity contribution in [3.63, 3.8) is 0 Å². The second-order valence-corrected chi connectivity index (χ2v) is 8.26. The number of amides is 1. The molecular formula is C23H22N4O4S. The minimum absolute atomic E-state index is 0.175. The van der Waals surface area contributed by atoms with Gasteiger partial charge in [-0.15, -0.1) is 11.3 Å². The van der Waals surface area contributed by atoms with Crippen molar-refractivity contribution in [3.8, 4) is 5.75 Å². The molecule has 0 bridgehead atoms. The van der Waals surface area contributed by atoms with Gasteiger partial charge in [0, 0.05) is 16.3 Å². The zero-order valence-electron chi connectivity index (χ0n) is 17.9. The average molecular weight is 451 g/mol. The summed E-state index contributed by atoms with van der Waals surface area (Å²) in [5.74, 6) is -0.192. The number of nitrogens with zero attached hydrogens (tertiary/aromatic N) is 3. The molecule has 1 N–H and O–H groups in total. The molecule has 32 heavy (non-hydrogen) atoms. The molecule has 1 aromatic carbocycles. The third-order valence-corrected chi connectivity index (χ3v) is 5.76. The lowest BCUT2D eigenvalue weighted by molar-refractivity contribution is -0.142. The molecule has 164 valence electrons. The lowest BCUT2D eigenvalue weighted by atomic mass is 10.1. The van der Waals surface area contributed by atoms with E-state index in [0.29, 0.717) is 34.6 Å². The highest BCUT2D eigenvalue weighted by Crippen LogP contribution is 2.25. The van der Waals surface area contributed by atoms with Crippen molar-refractivity contribution in [1.29, 1.82) is 0 Å². The van der Waals surface area contributed by atoms with Gasteiger partial charge < -0.3 is 14.8 Å². The largest absolute Gasteiger partial charge is 0.482 e. The number of ether oxygens (including phenoxy) is 2. The van der Waals surface area contributed by atoms with Crippen LogP contribution in [-0.4, -0.2) is 40.4 Å². The number of methoxy groups -OCH3 is 1. The predicted molar refractivity (Wildman–Crippen MR) is 122 cm³/mol. The fourth-order valence-corrected chi connectivity index (χ4v) is 3.97. The highest BCUT2D eigenvalue weighted by Gasteiger charge is 2.17. The van der Waals surface area contributed by atoms with E-state index in [1.807, 2.05) is 36.0 Å². The summed E-state index contributed by atoms with van der Waals surface area (Å²) in [6.07, 6.45) is 1.68. The van der Waals surface area contributed by atoms with Gasteiger partial charge in [0.15, 0.2) is 12.3 Å². The Kier molecular flexibility index (Phi) is 6.18. The Bertz CT molecular complexity index is 1280. The summed E-state index contributed by atoms with van der Waals surface area (Å²) >= 11 is 1.65. The zero-order chi connectivity index (χ0) is 22.7. The van der Waals surface area contributed by atoms with Crippen LogP contribution in [0.3, 0.4) is 0 Å². The first-order valence-electron chi connectivity index (χ1n) is 9.92. The number of aromatic nitrogens is 3. The van der Waals surface area contributed by atoms with Crippen molar-refractivity contribution in [3.05, 3.63) is 69.7 Å². The van der Waals surface area contributed by atoms with Crippen LogP contribution in [0.2, 0.25) is 0 Å². The normalized spacial score (nSPS) is 10.8. The molecule has 1 amide bonds. The third kappa shape index (κ3) is 4.62. The molecule has 0 atom stereocenters. The molecule has 0 unspecified atom stereocenters. The quantitative estimate of drug-likeness (QED) is 0.428. The van der Waals surface area contributed by atoms with E-state index in [2.05, 4.69) is 20.1 Å². The van der Waals surface area contributed by atoms with Crippen molar-refractivity contribution < 1.29 is 19.1 Å². The monoisotopic (exact) mass is 450 g/mol. The molecule has 0 fully saturated rings. The topological polar surface area (TPSA) is 95.3 Å². The highest BCUT2D eigenvalue weighted by molar-refractivity contribution is 7.09. The van der Waals surface area contributed by atoms with E-state index in [1.54, 1.807) is 41.8 Å². The van der Waals surface area contributed by atoms with Crippen LogP contribution in [0.4, 0.5) is 5.69 Å². The lowest BCUT2D eigenvalue weighted by Crippen LogP contribution is -2.15. The molecule has 0 radical (unpaired) electrons. The number of benzene rings is 1. The first-order chi connectivity index (χ1) is 15.4. The Balaban J connectivity index is 1.56. The molecule has 8 nitrogen and oxygen atoms in total. The van der Waals surface area contributed by atoms with Gasteiger partial charge in [0.1, 0.15) is 5.75 Å². The van der Waals surface area contributed by atoms with Crippen molar-refractivity contribution >= 4 is 39.9 Å². The number of hydrogen-bond donors (Lipinski definition) is 1. The summed E-state index contributed by atoms with van der Waals surface area (Å²) in [4.78, 5) is 30.1. The average Bonchev–Trinajstić information content (AvgIpc) is 3.43. The number of hydrogen-bond acceptors (Lipinski definition) is 7. The van der Waals surface area contributed by atoms with E-state index in [1.165, 1.54) is 7.11 Å². The summed E-state index contributed by atoms with van der Waals surface area (Å²) in [6.45, 7) is 4.14. The van der Waals surface area contributed by atoms with Gasteiger partial charge in [-0.2, -0.15) is 5.10 Å². The number of carbonyl (C=O) groups excluding carboxylic acids is 2. The zero-order valence-corrected chi connectivity index (χ0v) is 18.7. The molecule has 9 heteroatoms. The van der Waals surface area contributed by atoms with Gasteiger partial charge in [-0.1, -0.05) is 6.07 Å². The Labute approximate surface area is 188 Å². The molecule has 0 saturated carbocycles. The molecule has 4 aromatic rings. The maximum atomic E-state index is 13.1. The van der Waals surface area contributed by atoms with Gasteiger partial charge in [-0.05, 0) is 55.1 Å². The smallest absolute Gasteiger partial charge is 0.343 e. The van der Waals surface area contributed by atoms with Gasteiger partial charge in [0.05, 0.1) is 30.8 Å². The van der Waals surface area contributed by atoms with Gasteiger partial charge in [0.2, 0.25) is 0 Å². The first kappa shape index (κ1) is 21.5. The molecule has 3 heterocycles. The van der Waals surface area contributed by atoms with Crippen LogP contribution in [0, 0.1) is 13.8 Å².